The molecule has 0 aliphatic carbocycles. The molecule has 5 rings (SSSR count). The van der Waals surface area contributed by atoms with Gasteiger partial charge in [-0.25, -0.2) is 14.6 Å². The summed E-state index contributed by atoms with van der Waals surface area (Å²) in [4.78, 5) is 11.9. The first-order chi connectivity index (χ1) is 15.5. The summed E-state index contributed by atoms with van der Waals surface area (Å²) in [5.74, 6) is 3.35. The Hall–Kier alpha value is -2.93. The van der Waals surface area contributed by atoms with E-state index < -0.39 is 0 Å². The van der Waals surface area contributed by atoms with E-state index in [0.717, 1.165) is 61.3 Å². The standard InChI is InChI=1S/C25H32N6O/c1-17(2)14-29-9-7-19(8-10-29)20-5-6-21-23(13-20)32-12-11-30-15-22(28-24(21)30)25-26-16-27-31(25)18(3)4/h5-7,13,15-18H,8-12,14H2,1-4H3. The lowest BCUT2D eigenvalue weighted by molar-refractivity contribution is 0.268. The van der Waals surface area contributed by atoms with E-state index in [1.54, 1.807) is 6.33 Å². The molecule has 7 nitrogen and oxygen atoms in total. The number of imidazole rings is 1. The molecule has 0 saturated heterocycles. The largest absolute Gasteiger partial charge is 0.491 e. The molecule has 1 aromatic carbocycles. The Balaban J connectivity index is 1.45. The number of rotatable bonds is 5. The van der Waals surface area contributed by atoms with Crippen LogP contribution in [-0.2, 0) is 6.54 Å². The Labute approximate surface area is 189 Å². The summed E-state index contributed by atoms with van der Waals surface area (Å²) in [6, 6.07) is 6.80. The lowest BCUT2D eigenvalue weighted by Gasteiger charge is -2.28. The van der Waals surface area contributed by atoms with Gasteiger partial charge in [0.15, 0.2) is 5.82 Å². The van der Waals surface area contributed by atoms with Gasteiger partial charge in [0.2, 0.25) is 0 Å². The molecule has 0 atom stereocenters. The van der Waals surface area contributed by atoms with Crippen molar-refractivity contribution in [1.29, 1.82) is 0 Å². The number of hydrogen-bond acceptors (Lipinski definition) is 5. The van der Waals surface area contributed by atoms with E-state index in [9.17, 15) is 0 Å². The minimum absolute atomic E-state index is 0.229. The van der Waals surface area contributed by atoms with Gasteiger partial charge in [-0.05, 0) is 49.5 Å². The van der Waals surface area contributed by atoms with Crippen LogP contribution in [0.2, 0.25) is 0 Å². The van der Waals surface area contributed by atoms with E-state index >= 15 is 0 Å². The average Bonchev–Trinajstić information content (AvgIpc) is 3.38. The zero-order chi connectivity index (χ0) is 22.2. The highest BCUT2D eigenvalue weighted by atomic mass is 16.5. The third kappa shape index (κ3) is 3.97. The monoisotopic (exact) mass is 432 g/mol. The first-order valence-electron chi connectivity index (χ1n) is 11.7. The van der Waals surface area contributed by atoms with Gasteiger partial charge in [0.25, 0.3) is 0 Å². The fourth-order valence-corrected chi connectivity index (χ4v) is 4.66. The second kappa shape index (κ2) is 8.54. The molecule has 3 aromatic rings. The lowest BCUT2D eigenvalue weighted by Crippen LogP contribution is -2.31. The van der Waals surface area contributed by atoms with E-state index in [4.69, 9.17) is 9.72 Å². The number of aromatic nitrogens is 5. The third-order valence-electron chi connectivity index (χ3n) is 6.17. The van der Waals surface area contributed by atoms with Crippen LogP contribution in [0.25, 0.3) is 28.5 Å². The Bertz CT molecular complexity index is 1140. The average molecular weight is 433 g/mol. The van der Waals surface area contributed by atoms with Crippen molar-refractivity contribution in [3.8, 4) is 28.7 Å². The van der Waals surface area contributed by atoms with E-state index in [1.807, 2.05) is 4.68 Å². The summed E-state index contributed by atoms with van der Waals surface area (Å²) in [5.41, 5.74) is 4.55. The van der Waals surface area contributed by atoms with Crippen molar-refractivity contribution in [2.45, 2.75) is 46.7 Å². The molecule has 0 unspecified atom stereocenters. The van der Waals surface area contributed by atoms with Crippen LogP contribution in [0.15, 0.2) is 36.8 Å². The van der Waals surface area contributed by atoms with Crippen LogP contribution in [0.5, 0.6) is 5.75 Å². The van der Waals surface area contributed by atoms with E-state index in [1.165, 1.54) is 11.1 Å². The summed E-state index contributed by atoms with van der Waals surface area (Å²) < 4.78 is 10.2. The molecule has 0 bridgehead atoms. The minimum Gasteiger partial charge on any atom is -0.491 e. The van der Waals surface area contributed by atoms with Crippen LogP contribution in [0.4, 0.5) is 0 Å². The van der Waals surface area contributed by atoms with Gasteiger partial charge in [-0.3, -0.25) is 4.90 Å². The second-order valence-corrected chi connectivity index (χ2v) is 9.46. The fraction of sp³-hybridized carbons (Fsp3) is 0.480. The highest BCUT2D eigenvalue weighted by Crippen LogP contribution is 2.36. The van der Waals surface area contributed by atoms with Crippen molar-refractivity contribution in [2.24, 2.45) is 5.92 Å². The van der Waals surface area contributed by atoms with Crippen molar-refractivity contribution < 1.29 is 4.74 Å². The smallest absolute Gasteiger partial charge is 0.178 e. The number of ether oxygens (including phenoxy) is 1. The molecule has 0 saturated carbocycles. The molecule has 168 valence electrons. The van der Waals surface area contributed by atoms with Gasteiger partial charge in [-0.1, -0.05) is 26.0 Å². The van der Waals surface area contributed by atoms with Crippen LogP contribution in [0, 0.1) is 5.92 Å². The van der Waals surface area contributed by atoms with Gasteiger partial charge in [-0.2, -0.15) is 5.10 Å². The number of nitrogens with zero attached hydrogens (tertiary/aromatic N) is 6. The van der Waals surface area contributed by atoms with E-state index in [-0.39, 0.29) is 6.04 Å². The maximum atomic E-state index is 6.16. The molecule has 0 N–H and O–H groups in total. The Morgan fingerprint density at radius 1 is 1.09 bits per heavy atom. The summed E-state index contributed by atoms with van der Waals surface area (Å²) in [6.45, 7) is 13.5. The summed E-state index contributed by atoms with van der Waals surface area (Å²) in [5, 5.41) is 4.37. The third-order valence-corrected chi connectivity index (χ3v) is 6.17. The topological polar surface area (TPSA) is 61.0 Å². The van der Waals surface area contributed by atoms with Gasteiger partial charge in [0, 0.05) is 31.9 Å². The van der Waals surface area contributed by atoms with Gasteiger partial charge < -0.3 is 9.30 Å². The number of fused-ring (bicyclic) bond motifs is 3. The molecule has 2 aromatic heterocycles. The van der Waals surface area contributed by atoms with Crippen LogP contribution in [0.3, 0.4) is 0 Å². The summed E-state index contributed by atoms with van der Waals surface area (Å²) >= 11 is 0. The van der Waals surface area contributed by atoms with E-state index in [2.05, 4.69) is 77.7 Å². The first kappa shape index (κ1) is 20.9. The Kier molecular flexibility index (Phi) is 5.59. The Morgan fingerprint density at radius 2 is 1.97 bits per heavy atom. The van der Waals surface area contributed by atoms with Crippen LogP contribution >= 0.6 is 0 Å². The normalized spacial score (nSPS) is 16.5. The molecule has 2 aliphatic rings. The zero-order valence-corrected chi connectivity index (χ0v) is 19.5. The van der Waals surface area contributed by atoms with Crippen molar-refractivity contribution >= 4 is 5.57 Å². The molecule has 7 heteroatoms. The number of hydrogen-bond donors (Lipinski definition) is 0. The first-order valence-corrected chi connectivity index (χ1v) is 11.7. The maximum Gasteiger partial charge on any atom is 0.178 e. The predicted octanol–water partition coefficient (Wildman–Crippen LogP) is 4.53. The fourth-order valence-electron chi connectivity index (χ4n) is 4.66. The quantitative estimate of drug-likeness (QED) is 0.593. The molecule has 0 radical (unpaired) electrons. The summed E-state index contributed by atoms with van der Waals surface area (Å²) in [6.07, 6.45) is 7.12. The van der Waals surface area contributed by atoms with Crippen molar-refractivity contribution in [2.75, 3.05) is 26.2 Å². The maximum absolute atomic E-state index is 6.16. The molecule has 2 aliphatic heterocycles. The summed E-state index contributed by atoms with van der Waals surface area (Å²) in [7, 11) is 0. The molecule has 32 heavy (non-hydrogen) atoms. The zero-order valence-electron chi connectivity index (χ0n) is 19.5. The van der Waals surface area contributed by atoms with Crippen molar-refractivity contribution in [3.05, 3.63) is 42.4 Å². The molecule has 0 fully saturated rings. The second-order valence-electron chi connectivity index (χ2n) is 9.46. The van der Waals surface area contributed by atoms with Crippen LogP contribution in [-0.4, -0.2) is 55.5 Å². The van der Waals surface area contributed by atoms with Crippen molar-refractivity contribution in [3.63, 3.8) is 0 Å². The Morgan fingerprint density at radius 3 is 2.72 bits per heavy atom. The molecular weight excluding hydrogens is 400 g/mol. The highest BCUT2D eigenvalue weighted by molar-refractivity contribution is 5.75. The van der Waals surface area contributed by atoms with Crippen LogP contribution < -0.4 is 4.74 Å². The molecule has 0 spiro atoms. The lowest BCUT2D eigenvalue weighted by atomic mass is 9.97. The molecule has 4 heterocycles. The van der Waals surface area contributed by atoms with Gasteiger partial charge in [-0.15, -0.1) is 0 Å². The minimum atomic E-state index is 0.229. The highest BCUT2D eigenvalue weighted by Gasteiger charge is 2.23. The van der Waals surface area contributed by atoms with Gasteiger partial charge in [0.1, 0.15) is 30.2 Å². The predicted molar refractivity (Wildman–Crippen MR) is 126 cm³/mol. The number of benzene rings is 1. The SMILES string of the molecule is CC(C)CN1CC=C(c2ccc3c(c2)OCCn2cc(-c4ncnn4C(C)C)nc2-3)CC1. The van der Waals surface area contributed by atoms with Crippen molar-refractivity contribution in [1.82, 2.24) is 29.2 Å². The van der Waals surface area contributed by atoms with Crippen LogP contribution in [0.1, 0.15) is 45.7 Å². The molecule has 0 amide bonds. The molecular formula is C25H32N6O. The van der Waals surface area contributed by atoms with E-state index in [0.29, 0.717) is 12.5 Å². The van der Waals surface area contributed by atoms with Gasteiger partial charge >= 0.3 is 0 Å². The van der Waals surface area contributed by atoms with Gasteiger partial charge in [0.05, 0.1) is 12.1 Å².